The summed E-state index contributed by atoms with van der Waals surface area (Å²) in [5.74, 6) is 0. The van der Waals surface area contributed by atoms with E-state index in [4.69, 9.17) is 0 Å². The molecule has 1 aromatic carbocycles. The van der Waals surface area contributed by atoms with E-state index < -0.39 is 0 Å². The number of benzene rings is 1. The Morgan fingerprint density at radius 2 is 2.12 bits per heavy atom. The summed E-state index contributed by atoms with van der Waals surface area (Å²) in [6.45, 7) is 7.05. The summed E-state index contributed by atoms with van der Waals surface area (Å²) in [5.41, 5.74) is 3.09. The molecule has 2 rings (SSSR count). The van der Waals surface area contributed by atoms with Gasteiger partial charge in [0.2, 0.25) is 0 Å². The number of hydrogen-bond acceptors (Lipinski definition) is 1. The monoisotopic (exact) mass is 359 g/mol. The zero-order valence-corrected chi connectivity index (χ0v) is 13.6. The smallest absolute Gasteiger partial charge is 0.0511 e. The summed E-state index contributed by atoms with van der Waals surface area (Å²) >= 11 is 7.19. The van der Waals surface area contributed by atoms with Gasteiger partial charge in [-0.1, -0.05) is 35.8 Å². The second-order valence-electron chi connectivity index (χ2n) is 5.61. The zero-order chi connectivity index (χ0) is 12.5. The molecule has 0 bridgehead atoms. The molecule has 1 saturated heterocycles. The van der Waals surface area contributed by atoms with Crippen molar-refractivity contribution in [2.45, 2.75) is 32.0 Å². The topological polar surface area (TPSA) is 3.24 Å². The van der Waals surface area contributed by atoms with Crippen molar-refractivity contribution >= 4 is 37.5 Å². The van der Waals surface area contributed by atoms with Crippen molar-refractivity contribution in [3.63, 3.8) is 0 Å². The van der Waals surface area contributed by atoms with Crippen molar-refractivity contribution in [3.8, 4) is 0 Å². The van der Waals surface area contributed by atoms with E-state index in [0.717, 1.165) is 11.9 Å². The average Bonchev–Trinajstić information content (AvgIpc) is 2.27. The molecular formula is C14H19Br2N. The van der Waals surface area contributed by atoms with Crippen LogP contribution < -0.4 is 4.90 Å². The molecule has 0 N–H and O–H groups in total. The van der Waals surface area contributed by atoms with Crippen LogP contribution in [0.15, 0.2) is 22.7 Å². The number of anilines is 1. The first kappa shape index (κ1) is 13.4. The van der Waals surface area contributed by atoms with Crippen molar-refractivity contribution in [2.75, 3.05) is 18.0 Å². The van der Waals surface area contributed by atoms with Crippen molar-refractivity contribution in [3.05, 3.63) is 28.2 Å². The summed E-state index contributed by atoms with van der Waals surface area (Å²) in [5, 5.41) is 0.914. The molecule has 0 aromatic heterocycles. The fourth-order valence-corrected chi connectivity index (χ4v) is 3.54. The minimum absolute atomic E-state index is 0.436. The maximum absolute atomic E-state index is 3.70. The first-order valence-corrected chi connectivity index (χ1v) is 8.03. The van der Waals surface area contributed by atoms with Crippen molar-refractivity contribution < 1.29 is 0 Å². The zero-order valence-electron chi connectivity index (χ0n) is 10.5. The van der Waals surface area contributed by atoms with Gasteiger partial charge in [0.1, 0.15) is 0 Å². The molecule has 1 aromatic rings. The number of alkyl halides is 1. The molecular weight excluding hydrogens is 342 g/mol. The molecule has 0 spiro atoms. The molecule has 0 saturated carbocycles. The fourth-order valence-electron chi connectivity index (χ4n) is 2.52. The molecule has 17 heavy (non-hydrogen) atoms. The molecule has 0 unspecified atom stereocenters. The van der Waals surface area contributed by atoms with Crippen LogP contribution in [-0.2, 0) is 5.33 Å². The molecule has 0 atom stereocenters. The molecule has 1 aliphatic heterocycles. The number of piperidine rings is 1. The quantitative estimate of drug-likeness (QED) is 0.673. The minimum Gasteiger partial charge on any atom is -0.370 e. The van der Waals surface area contributed by atoms with Crippen LogP contribution in [0.3, 0.4) is 0 Å². The second kappa shape index (κ2) is 5.31. The third-order valence-corrected chi connectivity index (χ3v) is 4.69. The minimum atomic E-state index is 0.436. The second-order valence-corrected chi connectivity index (χ2v) is 7.02. The lowest BCUT2D eigenvalue weighted by atomic mass is 9.84. The van der Waals surface area contributed by atoms with Gasteiger partial charge in [-0.3, -0.25) is 0 Å². The highest BCUT2D eigenvalue weighted by Crippen LogP contribution is 2.35. The Hall–Kier alpha value is -0.0200. The average molecular weight is 361 g/mol. The van der Waals surface area contributed by atoms with Gasteiger partial charge in [0.15, 0.2) is 0 Å². The summed E-state index contributed by atoms with van der Waals surface area (Å²) in [6.07, 6.45) is 2.63. The Kier molecular flexibility index (Phi) is 4.19. The Morgan fingerprint density at radius 3 is 2.71 bits per heavy atom. The van der Waals surface area contributed by atoms with Crippen molar-refractivity contribution in [1.29, 1.82) is 0 Å². The molecule has 94 valence electrons. The Bertz CT molecular complexity index is 401. The molecule has 0 aliphatic carbocycles. The van der Waals surface area contributed by atoms with Crippen molar-refractivity contribution in [1.82, 2.24) is 0 Å². The molecule has 1 nitrogen and oxygen atoms in total. The maximum atomic E-state index is 3.70. The highest BCUT2D eigenvalue weighted by Gasteiger charge is 2.27. The largest absolute Gasteiger partial charge is 0.370 e. The van der Waals surface area contributed by atoms with Gasteiger partial charge < -0.3 is 4.90 Å². The van der Waals surface area contributed by atoms with Crippen LogP contribution in [0, 0.1) is 5.41 Å². The van der Waals surface area contributed by atoms with Gasteiger partial charge in [-0.15, -0.1) is 0 Å². The molecule has 3 heteroatoms. The van der Waals surface area contributed by atoms with Crippen LogP contribution in [0.2, 0.25) is 0 Å². The lowest BCUT2D eigenvalue weighted by Crippen LogP contribution is -2.40. The van der Waals surface area contributed by atoms with Gasteiger partial charge in [0, 0.05) is 22.9 Å². The van der Waals surface area contributed by atoms with E-state index >= 15 is 0 Å². The number of hydrogen-bond donors (Lipinski definition) is 0. The van der Waals surface area contributed by atoms with E-state index in [0.29, 0.717) is 5.41 Å². The SMILES string of the molecule is CC1(C)CCCN(c2ccc(CBr)cc2Br)C1. The van der Waals surface area contributed by atoms with Crippen molar-refractivity contribution in [2.24, 2.45) is 5.41 Å². The highest BCUT2D eigenvalue weighted by atomic mass is 79.9. The summed E-state index contributed by atoms with van der Waals surface area (Å²) in [6, 6.07) is 6.66. The lowest BCUT2D eigenvalue weighted by Gasteiger charge is -2.39. The van der Waals surface area contributed by atoms with Crippen LogP contribution >= 0.6 is 31.9 Å². The van der Waals surface area contributed by atoms with E-state index in [1.54, 1.807) is 0 Å². The normalized spacial score (nSPS) is 19.4. The summed E-state index contributed by atoms with van der Waals surface area (Å²) < 4.78 is 1.21. The van der Waals surface area contributed by atoms with Crippen LogP contribution in [0.5, 0.6) is 0 Å². The molecule has 1 aliphatic rings. The van der Waals surface area contributed by atoms with Gasteiger partial charge in [-0.2, -0.15) is 0 Å². The van der Waals surface area contributed by atoms with Gasteiger partial charge in [-0.05, 0) is 51.9 Å². The maximum Gasteiger partial charge on any atom is 0.0511 e. The Balaban J connectivity index is 2.22. The highest BCUT2D eigenvalue weighted by molar-refractivity contribution is 9.10. The fraction of sp³-hybridized carbons (Fsp3) is 0.571. The first-order valence-electron chi connectivity index (χ1n) is 6.11. The first-order chi connectivity index (χ1) is 8.02. The summed E-state index contributed by atoms with van der Waals surface area (Å²) in [4.78, 5) is 2.51. The van der Waals surface area contributed by atoms with Gasteiger partial charge >= 0.3 is 0 Å². The predicted octanol–water partition coefficient (Wildman–Crippen LogP) is 4.97. The van der Waals surface area contributed by atoms with Crippen LogP contribution in [0.1, 0.15) is 32.3 Å². The summed E-state index contributed by atoms with van der Waals surface area (Å²) in [7, 11) is 0. The van der Waals surface area contributed by atoms with Crippen LogP contribution in [0.4, 0.5) is 5.69 Å². The van der Waals surface area contributed by atoms with E-state index in [1.165, 1.54) is 35.1 Å². The Labute approximate surface area is 121 Å². The molecule has 0 amide bonds. The van der Waals surface area contributed by atoms with E-state index in [-0.39, 0.29) is 0 Å². The van der Waals surface area contributed by atoms with Gasteiger partial charge in [0.25, 0.3) is 0 Å². The lowest BCUT2D eigenvalue weighted by molar-refractivity contribution is 0.293. The molecule has 1 heterocycles. The third-order valence-electron chi connectivity index (χ3n) is 3.41. The van der Waals surface area contributed by atoms with E-state index in [2.05, 4.69) is 68.8 Å². The van der Waals surface area contributed by atoms with E-state index in [9.17, 15) is 0 Å². The number of halogens is 2. The van der Waals surface area contributed by atoms with Crippen LogP contribution in [-0.4, -0.2) is 13.1 Å². The van der Waals surface area contributed by atoms with Gasteiger partial charge in [-0.25, -0.2) is 0 Å². The molecule has 1 fully saturated rings. The predicted molar refractivity (Wildman–Crippen MR) is 82.0 cm³/mol. The molecule has 0 radical (unpaired) electrons. The van der Waals surface area contributed by atoms with Gasteiger partial charge in [0.05, 0.1) is 5.69 Å². The number of nitrogens with zero attached hydrogens (tertiary/aromatic N) is 1. The van der Waals surface area contributed by atoms with E-state index in [1.807, 2.05) is 0 Å². The number of rotatable bonds is 2. The Morgan fingerprint density at radius 1 is 1.35 bits per heavy atom. The standard InChI is InChI=1S/C14H19Br2N/c1-14(2)6-3-7-17(10-14)13-5-4-11(9-15)8-12(13)16/h4-5,8H,3,6-7,9-10H2,1-2H3. The third kappa shape index (κ3) is 3.25. The van der Waals surface area contributed by atoms with Crippen LogP contribution in [0.25, 0.3) is 0 Å².